The first-order valence-electron chi connectivity index (χ1n) is 7.49. The molecule has 1 aliphatic carbocycles. The van der Waals surface area contributed by atoms with E-state index in [-0.39, 0.29) is 0 Å². The highest BCUT2D eigenvalue weighted by atomic mass is 28.4. The third-order valence-electron chi connectivity index (χ3n) is 3.49. The van der Waals surface area contributed by atoms with E-state index in [1.165, 1.54) is 25.7 Å². The van der Waals surface area contributed by atoms with Crippen molar-refractivity contribution >= 4 is 8.88 Å². The lowest BCUT2D eigenvalue weighted by Gasteiger charge is -2.34. The van der Waals surface area contributed by atoms with E-state index in [4.69, 9.17) is 8.85 Å². The van der Waals surface area contributed by atoms with Crippen LogP contribution in [0.1, 0.15) is 59.8 Å². The van der Waals surface area contributed by atoms with E-state index in [9.17, 15) is 0 Å². The van der Waals surface area contributed by atoms with Crippen molar-refractivity contribution in [2.24, 2.45) is 0 Å². The minimum Gasteiger partial charge on any atom is -0.371 e. The molecule has 0 saturated heterocycles. The van der Waals surface area contributed by atoms with Gasteiger partial charge in [0, 0.05) is 25.3 Å². The fraction of sp³-hybridized carbons (Fsp3) is 1.00. The van der Waals surface area contributed by atoms with Crippen LogP contribution in [0.2, 0.25) is 0 Å². The quantitative estimate of drug-likeness (QED) is 0.634. The molecule has 0 aromatic heterocycles. The molecule has 0 bridgehead atoms. The summed E-state index contributed by atoms with van der Waals surface area (Å²) in [5.74, 6) is 0. The van der Waals surface area contributed by atoms with Crippen LogP contribution >= 0.6 is 0 Å². The maximum Gasteiger partial charge on any atom is 0.517 e. The van der Waals surface area contributed by atoms with Gasteiger partial charge < -0.3 is 8.85 Å². The molecular weight excluding hydrogens is 244 g/mol. The first kappa shape index (κ1) is 16.1. The smallest absolute Gasteiger partial charge is 0.371 e. The molecule has 18 heavy (non-hydrogen) atoms. The fourth-order valence-electron chi connectivity index (χ4n) is 2.42. The van der Waals surface area contributed by atoms with Gasteiger partial charge in [-0.3, -0.25) is 9.96 Å². The van der Waals surface area contributed by atoms with Gasteiger partial charge in [-0.2, -0.15) is 0 Å². The Hall–Kier alpha value is 0.0569. The van der Waals surface area contributed by atoms with Crippen LogP contribution in [0.25, 0.3) is 0 Å². The minimum absolute atomic E-state index is 0.420. The van der Waals surface area contributed by atoms with Crippen LogP contribution in [0.4, 0.5) is 0 Å². The van der Waals surface area contributed by atoms with Crippen molar-refractivity contribution in [1.29, 1.82) is 0 Å². The van der Waals surface area contributed by atoms with E-state index in [0.29, 0.717) is 25.3 Å². The van der Waals surface area contributed by atoms with Gasteiger partial charge in [0.05, 0.1) is 0 Å². The Morgan fingerprint density at radius 1 is 1.11 bits per heavy atom. The van der Waals surface area contributed by atoms with E-state index in [1.54, 1.807) is 0 Å². The Bertz CT molecular complexity index is 217. The molecule has 0 radical (unpaired) electrons. The molecule has 0 aromatic carbocycles. The second-order valence-corrected chi connectivity index (χ2v) is 7.45. The summed E-state index contributed by atoms with van der Waals surface area (Å²) in [5.41, 5.74) is 0. The summed E-state index contributed by atoms with van der Waals surface area (Å²) in [7, 11) is -2.44. The first-order valence-corrected chi connectivity index (χ1v) is 9.30. The van der Waals surface area contributed by atoms with Crippen molar-refractivity contribution in [1.82, 2.24) is 9.96 Å². The number of hydrogen-bond acceptors (Lipinski definition) is 4. The molecule has 0 aliphatic heterocycles. The second-order valence-electron chi connectivity index (χ2n) is 5.06. The minimum atomic E-state index is -2.44. The zero-order valence-electron chi connectivity index (χ0n) is 12.4. The highest BCUT2D eigenvalue weighted by Crippen LogP contribution is 2.20. The molecule has 1 unspecified atom stereocenters. The van der Waals surface area contributed by atoms with Gasteiger partial charge in [0.25, 0.3) is 0 Å². The van der Waals surface area contributed by atoms with Crippen molar-refractivity contribution in [3.63, 3.8) is 0 Å². The van der Waals surface area contributed by atoms with Gasteiger partial charge in [-0.1, -0.05) is 26.7 Å². The zero-order chi connectivity index (χ0) is 13.4. The van der Waals surface area contributed by atoms with Gasteiger partial charge in [-0.15, -0.1) is 0 Å². The van der Waals surface area contributed by atoms with E-state index in [0.717, 1.165) is 6.42 Å². The van der Waals surface area contributed by atoms with E-state index in [1.807, 2.05) is 13.8 Å². The van der Waals surface area contributed by atoms with Crippen molar-refractivity contribution < 1.29 is 8.85 Å². The molecule has 0 spiro atoms. The van der Waals surface area contributed by atoms with Crippen LogP contribution in [0.3, 0.4) is 0 Å². The lowest BCUT2D eigenvalue weighted by Crippen LogP contribution is -2.71. The summed E-state index contributed by atoms with van der Waals surface area (Å²) in [6.07, 6.45) is 6.23. The molecule has 1 rings (SSSR count). The lowest BCUT2D eigenvalue weighted by molar-refractivity contribution is 0.150. The number of nitrogens with one attached hydrogen (secondary N) is 2. The molecule has 1 atom stereocenters. The van der Waals surface area contributed by atoms with Crippen LogP contribution in [0.5, 0.6) is 0 Å². The molecular formula is C13H30N2O2Si. The third kappa shape index (κ3) is 4.97. The van der Waals surface area contributed by atoms with Crippen LogP contribution in [-0.4, -0.2) is 34.2 Å². The largest absolute Gasteiger partial charge is 0.517 e. The Balaban J connectivity index is 2.67. The number of hydrogen-bond donors (Lipinski definition) is 2. The molecule has 1 aliphatic rings. The van der Waals surface area contributed by atoms with Gasteiger partial charge in [-0.05, 0) is 33.1 Å². The molecule has 4 nitrogen and oxygen atoms in total. The van der Waals surface area contributed by atoms with Crippen molar-refractivity contribution in [3.8, 4) is 0 Å². The van der Waals surface area contributed by atoms with Crippen molar-refractivity contribution in [3.05, 3.63) is 0 Å². The van der Waals surface area contributed by atoms with Crippen molar-refractivity contribution in [2.45, 2.75) is 71.9 Å². The Kier molecular flexibility index (Phi) is 7.40. The molecule has 5 heteroatoms. The van der Waals surface area contributed by atoms with E-state index in [2.05, 4.69) is 23.8 Å². The van der Waals surface area contributed by atoms with Crippen LogP contribution in [-0.2, 0) is 8.85 Å². The highest BCUT2D eigenvalue weighted by Gasteiger charge is 2.42. The summed E-state index contributed by atoms with van der Waals surface area (Å²) in [4.78, 5) is 7.27. The van der Waals surface area contributed by atoms with Gasteiger partial charge in [0.1, 0.15) is 0 Å². The summed E-state index contributed by atoms with van der Waals surface area (Å²) in [6.45, 7) is 9.83. The number of rotatable bonds is 9. The summed E-state index contributed by atoms with van der Waals surface area (Å²) in [6, 6.07) is 0.981. The first-order chi connectivity index (χ1) is 8.65. The zero-order valence-corrected chi connectivity index (χ0v) is 13.4. The van der Waals surface area contributed by atoms with Gasteiger partial charge in [0.2, 0.25) is 0 Å². The predicted octanol–water partition coefficient (Wildman–Crippen LogP) is 2.42. The van der Waals surface area contributed by atoms with Gasteiger partial charge in [0.15, 0.2) is 0 Å². The molecule has 0 aromatic rings. The SMILES string of the molecule is CCO[Si](NC(C)CC)(NC1CCCC1)OCC. The normalized spacial score (nSPS) is 19.3. The molecule has 0 amide bonds. The standard InChI is InChI=1S/C13H30N2O2Si/c1-5-12(4)14-18(16-6-2,17-7-3)15-13-10-8-9-11-13/h12-15H,5-11H2,1-4H3. The van der Waals surface area contributed by atoms with Crippen LogP contribution < -0.4 is 9.96 Å². The Morgan fingerprint density at radius 2 is 1.67 bits per heavy atom. The van der Waals surface area contributed by atoms with Crippen LogP contribution in [0, 0.1) is 0 Å². The van der Waals surface area contributed by atoms with Crippen molar-refractivity contribution in [2.75, 3.05) is 13.2 Å². The average Bonchev–Trinajstić information content (AvgIpc) is 2.82. The maximum atomic E-state index is 6.00. The highest BCUT2D eigenvalue weighted by molar-refractivity contribution is 6.62. The topological polar surface area (TPSA) is 42.5 Å². The maximum absolute atomic E-state index is 6.00. The summed E-state index contributed by atoms with van der Waals surface area (Å²) >= 11 is 0. The third-order valence-corrected chi connectivity index (χ3v) is 6.54. The van der Waals surface area contributed by atoms with E-state index < -0.39 is 8.88 Å². The molecule has 0 heterocycles. The fourth-order valence-corrected chi connectivity index (χ4v) is 5.41. The monoisotopic (exact) mass is 274 g/mol. The van der Waals surface area contributed by atoms with E-state index >= 15 is 0 Å². The molecule has 1 saturated carbocycles. The molecule has 108 valence electrons. The van der Waals surface area contributed by atoms with Gasteiger partial charge >= 0.3 is 8.88 Å². The summed E-state index contributed by atoms with van der Waals surface area (Å²) in [5, 5.41) is 0. The predicted molar refractivity (Wildman–Crippen MR) is 77.3 cm³/mol. The second kappa shape index (κ2) is 8.27. The molecule has 2 N–H and O–H groups in total. The summed E-state index contributed by atoms with van der Waals surface area (Å²) < 4.78 is 12.0. The van der Waals surface area contributed by atoms with Crippen LogP contribution in [0.15, 0.2) is 0 Å². The Labute approximate surface area is 113 Å². The Morgan fingerprint density at radius 3 is 2.11 bits per heavy atom. The average molecular weight is 274 g/mol. The van der Waals surface area contributed by atoms with Gasteiger partial charge in [-0.25, -0.2) is 0 Å². The molecule has 1 fully saturated rings. The lowest BCUT2D eigenvalue weighted by atomic mass is 10.3.